The summed E-state index contributed by atoms with van der Waals surface area (Å²) in [7, 11) is 0. The van der Waals surface area contributed by atoms with Crippen molar-refractivity contribution in [3.8, 4) is 0 Å². The van der Waals surface area contributed by atoms with E-state index >= 15 is 0 Å². The maximum Gasteiger partial charge on any atom is 0.222 e. The van der Waals surface area contributed by atoms with E-state index in [0.717, 1.165) is 57.4 Å². The molecular weight excluding hydrogens is 330 g/mol. The van der Waals surface area contributed by atoms with Gasteiger partial charge in [-0.15, -0.1) is 0 Å². The molecule has 0 saturated carbocycles. The lowest BCUT2D eigenvalue weighted by Crippen LogP contribution is -2.42. The van der Waals surface area contributed by atoms with Gasteiger partial charge in [-0.1, -0.05) is 0 Å². The van der Waals surface area contributed by atoms with Gasteiger partial charge in [-0.25, -0.2) is 0 Å². The fourth-order valence-electron chi connectivity index (χ4n) is 4.10. The van der Waals surface area contributed by atoms with Gasteiger partial charge < -0.3 is 10.6 Å². The lowest BCUT2D eigenvalue weighted by molar-refractivity contribution is -0.134. The van der Waals surface area contributed by atoms with Crippen LogP contribution in [0.4, 0.5) is 0 Å². The molecule has 1 aromatic heterocycles. The molecule has 7 heteroatoms. The van der Waals surface area contributed by atoms with E-state index in [4.69, 9.17) is 5.73 Å². The molecule has 0 unspecified atom stereocenters. The highest BCUT2D eigenvalue weighted by molar-refractivity contribution is 5.77. The number of likely N-dealkylation sites (tertiary alicyclic amines) is 2. The molecule has 1 amide bonds. The van der Waals surface area contributed by atoms with Gasteiger partial charge in [-0.3, -0.25) is 19.2 Å². The quantitative estimate of drug-likeness (QED) is 0.823. The van der Waals surface area contributed by atoms with Crippen LogP contribution in [0.15, 0.2) is 12.4 Å². The van der Waals surface area contributed by atoms with Crippen LogP contribution in [0.1, 0.15) is 50.6 Å². The number of nitrogens with zero attached hydrogens (tertiary/aromatic N) is 4. The summed E-state index contributed by atoms with van der Waals surface area (Å²) in [5.41, 5.74) is 6.70. The smallest absolute Gasteiger partial charge is 0.222 e. The predicted octanol–water partition coefficient (Wildman–Crippen LogP) is 1.20. The molecule has 2 fully saturated rings. The minimum absolute atomic E-state index is 0.221. The Bertz CT molecular complexity index is 613. The lowest BCUT2D eigenvalue weighted by Gasteiger charge is -2.35. The number of aromatic nitrogens is 2. The van der Waals surface area contributed by atoms with E-state index in [0.29, 0.717) is 31.5 Å². The second kappa shape index (κ2) is 8.77. The summed E-state index contributed by atoms with van der Waals surface area (Å²) in [5, 5.41) is 4.41. The van der Waals surface area contributed by atoms with Crippen LogP contribution in [-0.2, 0) is 16.1 Å². The van der Waals surface area contributed by atoms with E-state index in [1.54, 1.807) is 6.92 Å². The Morgan fingerprint density at radius 3 is 2.42 bits per heavy atom. The van der Waals surface area contributed by atoms with E-state index < -0.39 is 0 Å². The number of Topliss-reactive ketones (excluding diaryl/α,β-unsaturated/α-hetero) is 1. The van der Waals surface area contributed by atoms with Crippen molar-refractivity contribution in [3.63, 3.8) is 0 Å². The third-order valence-corrected chi connectivity index (χ3v) is 5.70. The molecule has 144 valence electrons. The first kappa shape index (κ1) is 19.0. The minimum Gasteiger partial charge on any atom is -0.343 e. The molecule has 2 aliphatic heterocycles. The average molecular weight is 361 g/mol. The van der Waals surface area contributed by atoms with E-state index in [2.05, 4.69) is 10.00 Å². The highest BCUT2D eigenvalue weighted by atomic mass is 16.2. The molecule has 0 spiro atoms. The van der Waals surface area contributed by atoms with Crippen molar-refractivity contribution in [2.75, 3.05) is 32.7 Å². The number of ketones is 1. The van der Waals surface area contributed by atoms with E-state index in [1.165, 1.54) is 0 Å². The van der Waals surface area contributed by atoms with Crippen LogP contribution < -0.4 is 5.73 Å². The zero-order valence-electron chi connectivity index (χ0n) is 15.8. The number of rotatable bonds is 6. The maximum absolute atomic E-state index is 12.6. The molecule has 26 heavy (non-hydrogen) atoms. The molecule has 2 aliphatic rings. The summed E-state index contributed by atoms with van der Waals surface area (Å²) < 4.78 is 2.01. The molecule has 0 aliphatic carbocycles. The summed E-state index contributed by atoms with van der Waals surface area (Å²) in [6.45, 7) is 6.19. The molecular formula is C19H31N5O2. The summed E-state index contributed by atoms with van der Waals surface area (Å²) in [6.07, 6.45) is 8.45. The zero-order valence-corrected chi connectivity index (χ0v) is 15.8. The van der Waals surface area contributed by atoms with E-state index in [1.807, 2.05) is 22.0 Å². The highest BCUT2D eigenvalue weighted by Gasteiger charge is 2.27. The van der Waals surface area contributed by atoms with Gasteiger partial charge in [-0.05, 0) is 51.6 Å². The standard InChI is InChI=1S/C19H31N5O2/c1-15(25)13-22-6-2-16(3-7-22)10-19(26)23-8-4-18(5-9-23)24-14-17(11-20)12-21-24/h12,14,16,18H,2-11,13,20H2,1H3. The van der Waals surface area contributed by atoms with E-state index in [9.17, 15) is 9.59 Å². The third-order valence-electron chi connectivity index (χ3n) is 5.70. The predicted molar refractivity (Wildman–Crippen MR) is 99.4 cm³/mol. The van der Waals surface area contributed by atoms with Crippen LogP contribution >= 0.6 is 0 Å². The number of nitrogens with two attached hydrogens (primary N) is 1. The van der Waals surface area contributed by atoms with Crippen molar-refractivity contribution in [2.24, 2.45) is 11.7 Å². The molecule has 3 heterocycles. The molecule has 0 aromatic carbocycles. The van der Waals surface area contributed by atoms with Crippen LogP contribution in [0.25, 0.3) is 0 Å². The molecule has 7 nitrogen and oxygen atoms in total. The number of carbonyl (C=O) groups excluding carboxylic acids is 2. The second-order valence-electron chi connectivity index (χ2n) is 7.77. The number of hydrogen-bond acceptors (Lipinski definition) is 5. The Morgan fingerprint density at radius 2 is 1.85 bits per heavy atom. The molecule has 3 rings (SSSR count). The van der Waals surface area contributed by atoms with Crippen LogP contribution in [0.5, 0.6) is 0 Å². The topological polar surface area (TPSA) is 84.5 Å². The van der Waals surface area contributed by atoms with Crippen molar-refractivity contribution < 1.29 is 9.59 Å². The monoisotopic (exact) mass is 361 g/mol. The maximum atomic E-state index is 12.6. The Hall–Kier alpha value is -1.73. The SMILES string of the molecule is CC(=O)CN1CCC(CC(=O)N2CCC(n3cc(CN)cn3)CC2)CC1. The van der Waals surface area contributed by atoms with Crippen LogP contribution in [0.2, 0.25) is 0 Å². The molecule has 2 saturated heterocycles. The first-order valence-electron chi connectivity index (χ1n) is 9.78. The fraction of sp³-hybridized carbons (Fsp3) is 0.737. The van der Waals surface area contributed by atoms with E-state index in [-0.39, 0.29) is 11.7 Å². The Morgan fingerprint density at radius 1 is 1.15 bits per heavy atom. The Balaban J connectivity index is 1.40. The Labute approximate surface area is 155 Å². The first-order valence-corrected chi connectivity index (χ1v) is 9.78. The average Bonchev–Trinajstić information content (AvgIpc) is 3.12. The van der Waals surface area contributed by atoms with Gasteiger partial charge in [0.1, 0.15) is 5.78 Å². The van der Waals surface area contributed by atoms with Gasteiger partial charge in [0.15, 0.2) is 0 Å². The van der Waals surface area contributed by atoms with Crippen molar-refractivity contribution in [2.45, 2.75) is 51.6 Å². The minimum atomic E-state index is 0.221. The molecule has 1 aromatic rings. The van der Waals surface area contributed by atoms with Gasteiger partial charge in [-0.2, -0.15) is 5.10 Å². The molecule has 0 bridgehead atoms. The summed E-state index contributed by atoms with van der Waals surface area (Å²) in [5.74, 6) is 0.969. The summed E-state index contributed by atoms with van der Waals surface area (Å²) >= 11 is 0. The third kappa shape index (κ3) is 4.92. The van der Waals surface area contributed by atoms with Gasteiger partial charge in [0.25, 0.3) is 0 Å². The van der Waals surface area contributed by atoms with Crippen LogP contribution in [-0.4, -0.2) is 64.0 Å². The van der Waals surface area contributed by atoms with Crippen LogP contribution in [0.3, 0.4) is 0 Å². The number of amides is 1. The van der Waals surface area contributed by atoms with Crippen molar-refractivity contribution >= 4 is 11.7 Å². The van der Waals surface area contributed by atoms with Gasteiger partial charge in [0.2, 0.25) is 5.91 Å². The molecule has 0 atom stereocenters. The molecule has 2 N–H and O–H groups in total. The normalized spacial score (nSPS) is 20.5. The first-order chi connectivity index (χ1) is 12.5. The zero-order chi connectivity index (χ0) is 18.5. The summed E-state index contributed by atoms with van der Waals surface area (Å²) in [4.78, 5) is 28.1. The van der Waals surface area contributed by atoms with Crippen molar-refractivity contribution in [3.05, 3.63) is 18.0 Å². The number of hydrogen-bond donors (Lipinski definition) is 1. The lowest BCUT2D eigenvalue weighted by atomic mass is 9.92. The second-order valence-corrected chi connectivity index (χ2v) is 7.77. The number of carbonyl (C=O) groups is 2. The fourth-order valence-corrected chi connectivity index (χ4v) is 4.10. The van der Waals surface area contributed by atoms with Gasteiger partial charge in [0, 0.05) is 37.8 Å². The Kier molecular flexibility index (Phi) is 6.43. The van der Waals surface area contributed by atoms with Crippen molar-refractivity contribution in [1.82, 2.24) is 19.6 Å². The summed E-state index contributed by atoms with van der Waals surface area (Å²) in [6, 6.07) is 0.370. The number of piperidine rings is 2. The van der Waals surface area contributed by atoms with Gasteiger partial charge in [0.05, 0.1) is 18.8 Å². The largest absolute Gasteiger partial charge is 0.343 e. The van der Waals surface area contributed by atoms with Crippen molar-refractivity contribution in [1.29, 1.82) is 0 Å². The van der Waals surface area contributed by atoms with Crippen LogP contribution in [0, 0.1) is 5.92 Å². The molecule has 0 radical (unpaired) electrons. The highest BCUT2D eigenvalue weighted by Crippen LogP contribution is 2.25. The van der Waals surface area contributed by atoms with Gasteiger partial charge >= 0.3 is 0 Å².